The zero-order valence-corrected chi connectivity index (χ0v) is 10.3. The van der Waals surface area contributed by atoms with Gasteiger partial charge in [-0.2, -0.15) is 9.40 Å². The first-order valence-electron chi connectivity index (χ1n) is 5.26. The number of aromatic nitrogens is 3. The summed E-state index contributed by atoms with van der Waals surface area (Å²) in [5.41, 5.74) is -2.16. The largest absolute Gasteiger partial charge is 0.548 e. The van der Waals surface area contributed by atoms with Gasteiger partial charge < -0.3 is 9.90 Å². The lowest BCUT2D eigenvalue weighted by atomic mass is 10.2. The van der Waals surface area contributed by atoms with Gasteiger partial charge in [-0.3, -0.25) is 9.78 Å². The zero-order chi connectivity index (χ0) is 14.2. The summed E-state index contributed by atoms with van der Waals surface area (Å²) in [5, 5.41) is 14.9. The molecule has 0 aliphatic carbocycles. The number of rotatable bonds is 3. The SMILES string of the molecule is O=C([O-])[C@H]1CCCN1S(=O)(=O)c1n[nH]c(=O)[nH]c1=O. The third kappa shape index (κ3) is 2.29. The van der Waals surface area contributed by atoms with Gasteiger partial charge in [-0.25, -0.2) is 18.3 Å². The van der Waals surface area contributed by atoms with E-state index in [0.29, 0.717) is 10.7 Å². The van der Waals surface area contributed by atoms with E-state index < -0.39 is 38.3 Å². The van der Waals surface area contributed by atoms with Gasteiger partial charge in [0.1, 0.15) is 0 Å². The van der Waals surface area contributed by atoms with Gasteiger partial charge in [0.05, 0.1) is 12.0 Å². The van der Waals surface area contributed by atoms with E-state index in [2.05, 4.69) is 5.10 Å². The standard InChI is InChI=1S/C8H10N4O6S/c13-5-6(10-11-8(16)9-5)19(17,18)12-3-1-2-4(12)7(14)15/h4H,1-3H2,(H,14,15)(H2,9,11,13,16)/p-1/t4-/m1/s1. The van der Waals surface area contributed by atoms with E-state index in [1.165, 1.54) is 0 Å². The molecule has 0 radical (unpaired) electrons. The highest BCUT2D eigenvalue weighted by atomic mass is 32.2. The van der Waals surface area contributed by atoms with Crippen molar-refractivity contribution < 1.29 is 18.3 Å². The number of hydrogen-bond donors (Lipinski definition) is 2. The molecule has 104 valence electrons. The molecule has 0 amide bonds. The van der Waals surface area contributed by atoms with E-state index in [1.54, 1.807) is 10.1 Å². The molecular formula is C8H9N4O6S-. The summed E-state index contributed by atoms with van der Waals surface area (Å²) in [7, 11) is -4.39. The van der Waals surface area contributed by atoms with Crippen molar-refractivity contribution in [3.8, 4) is 0 Å². The molecule has 19 heavy (non-hydrogen) atoms. The molecule has 0 unspecified atom stereocenters. The van der Waals surface area contributed by atoms with Crippen LogP contribution in [0.25, 0.3) is 0 Å². The highest BCUT2D eigenvalue weighted by molar-refractivity contribution is 7.89. The number of carbonyl (C=O) groups is 1. The normalized spacial score (nSPS) is 20.5. The van der Waals surface area contributed by atoms with E-state index >= 15 is 0 Å². The Morgan fingerprint density at radius 2 is 2.11 bits per heavy atom. The maximum atomic E-state index is 12.1. The molecule has 1 fully saturated rings. The topological polar surface area (TPSA) is 156 Å². The highest BCUT2D eigenvalue weighted by Gasteiger charge is 2.38. The van der Waals surface area contributed by atoms with Gasteiger partial charge in [0.25, 0.3) is 20.6 Å². The molecule has 0 aromatic carbocycles. The van der Waals surface area contributed by atoms with E-state index in [0.717, 1.165) is 0 Å². The van der Waals surface area contributed by atoms with Gasteiger partial charge >= 0.3 is 5.69 Å². The van der Waals surface area contributed by atoms with Crippen LogP contribution in [0.15, 0.2) is 14.6 Å². The number of carboxylic acids is 1. The maximum Gasteiger partial charge on any atom is 0.342 e. The Hall–Kier alpha value is -2.01. The van der Waals surface area contributed by atoms with Crippen molar-refractivity contribution in [3.05, 3.63) is 20.8 Å². The van der Waals surface area contributed by atoms with E-state index in [-0.39, 0.29) is 13.0 Å². The number of aromatic amines is 2. The number of hydrogen-bond acceptors (Lipinski definition) is 7. The maximum absolute atomic E-state index is 12.1. The molecule has 0 saturated carbocycles. The monoisotopic (exact) mass is 289 g/mol. The molecule has 1 aromatic heterocycles. The average molecular weight is 289 g/mol. The fourth-order valence-corrected chi connectivity index (χ4v) is 3.45. The highest BCUT2D eigenvalue weighted by Crippen LogP contribution is 2.22. The molecule has 2 N–H and O–H groups in total. The van der Waals surface area contributed by atoms with Gasteiger partial charge in [-0.05, 0) is 12.8 Å². The Labute approximate surface area is 106 Å². The van der Waals surface area contributed by atoms with E-state index in [9.17, 15) is 27.9 Å². The second-order valence-corrected chi connectivity index (χ2v) is 5.71. The van der Waals surface area contributed by atoms with Crippen molar-refractivity contribution in [3.63, 3.8) is 0 Å². The molecule has 1 atom stereocenters. The van der Waals surface area contributed by atoms with E-state index in [4.69, 9.17) is 0 Å². The average Bonchev–Trinajstić information content (AvgIpc) is 2.77. The number of H-pyrrole nitrogens is 2. The number of sulfonamides is 1. The minimum Gasteiger partial charge on any atom is -0.548 e. The van der Waals surface area contributed by atoms with Crippen LogP contribution in [0.1, 0.15) is 12.8 Å². The van der Waals surface area contributed by atoms with Gasteiger partial charge in [0, 0.05) is 6.54 Å². The molecule has 2 rings (SSSR count). The molecule has 0 bridgehead atoms. The Morgan fingerprint density at radius 3 is 2.68 bits per heavy atom. The Balaban J connectivity index is 2.51. The molecule has 10 nitrogen and oxygen atoms in total. The number of carboxylic acid groups (broad SMARTS) is 1. The quantitative estimate of drug-likeness (QED) is 0.581. The van der Waals surface area contributed by atoms with Gasteiger partial charge in [-0.15, -0.1) is 0 Å². The van der Waals surface area contributed by atoms with Crippen LogP contribution in [-0.4, -0.2) is 46.5 Å². The Kier molecular flexibility index (Phi) is 3.24. The molecule has 1 aliphatic rings. The molecular weight excluding hydrogens is 280 g/mol. The van der Waals surface area contributed by atoms with Crippen LogP contribution in [0, 0.1) is 0 Å². The predicted octanol–water partition coefficient (Wildman–Crippen LogP) is -3.64. The van der Waals surface area contributed by atoms with Gasteiger partial charge in [0.2, 0.25) is 0 Å². The van der Waals surface area contributed by atoms with Crippen LogP contribution < -0.4 is 16.4 Å². The van der Waals surface area contributed by atoms with Crippen LogP contribution in [-0.2, 0) is 14.8 Å². The summed E-state index contributed by atoms with van der Waals surface area (Å²) in [6, 6.07) is -1.34. The fraction of sp³-hybridized carbons (Fsp3) is 0.500. The number of nitrogens with one attached hydrogen (secondary N) is 2. The predicted molar refractivity (Wildman–Crippen MR) is 57.4 cm³/mol. The minimum atomic E-state index is -4.39. The second-order valence-electron chi connectivity index (χ2n) is 3.90. The Bertz CT molecular complexity index is 719. The van der Waals surface area contributed by atoms with Gasteiger partial charge in [-0.1, -0.05) is 0 Å². The summed E-state index contributed by atoms with van der Waals surface area (Å²) in [6.07, 6.45) is 0.432. The first-order valence-corrected chi connectivity index (χ1v) is 6.70. The molecule has 0 spiro atoms. The molecule has 1 aliphatic heterocycles. The molecule has 1 saturated heterocycles. The lowest BCUT2D eigenvalue weighted by molar-refractivity contribution is -0.309. The molecule has 1 aromatic rings. The lowest BCUT2D eigenvalue weighted by Gasteiger charge is -2.23. The smallest absolute Gasteiger partial charge is 0.342 e. The van der Waals surface area contributed by atoms with Crippen LogP contribution >= 0.6 is 0 Å². The minimum absolute atomic E-state index is 0.0543. The van der Waals surface area contributed by atoms with Crippen molar-refractivity contribution >= 4 is 16.0 Å². The number of carbonyl (C=O) groups excluding carboxylic acids is 1. The third-order valence-electron chi connectivity index (χ3n) is 2.71. The van der Waals surface area contributed by atoms with Crippen LogP contribution in [0.4, 0.5) is 0 Å². The number of nitrogens with zero attached hydrogens (tertiary/aromatic N) is 2. The van der Waals surface area contributed by atoms with Crippen molar-refractivity contribution in [2.24, 2.45) is 0 Å². The lowest BCUT2D eigenvalue weighted by Crippen LogP contribution is -2.48. The van der Waals surface area contributed by atoms with Gasteiger partial charge in [0.15, 0.2) is 0 Å². The Morgan fingerprint density at radius 1 is 1.42 bits per heavy atom. The molecule has 2 heterocycles. The van der Waals surface area contributed by atoms with E-state index in [1.807, 2.05) is 0 Å². The summed E-state index contributed by atoms with van der Waals surface area (Å²) in [4.78, 5) is 34.8. The zero-order valence-electron chi connectivity index (χ0n) is 9.45. The summed E-state index contributed by atoms with van der Waals surface area (Å²) < 4.78 is 24.9. The van der Waals surface area contributed by atoms with Crippen molar-refractivity contribution in [2.45, 2.75) is 23.9 Å². The third-order valence-corrected chi connectivity index (χ3v) is 4.53. The van der Waals surface area contributed by atoms with Crippen LogP contribution in [0.3, 0.4) is 0 Å². The van der Waals surface area contributed by atoms with Crippen molar-refractivity contribution in [1.29, 1.82) is 0 Å². The first-order chi connectivity index (χ1) is 8.84. The summed E-state index contributed by atoms with van der Waals surface area (Å²) in [5.74, 6) is -1.54. The number of aliphatic carboxylic acids is 1. The van der Waals surface area contributed by atoms with Crippen molar-refractivity contribution in [1.82, 2.24) is 19.5 Å². The van der Waals surface area contributed by atoms with Crippen LogP contribution in [0.5, 0.6) is 0 Å². The molecule has 11 heteroatoms. The first kappa shape index (κ1) is 13.4. The van der Waals surface area contributed by atoms with Crippen LogP contribution in [0.2, 0.25) is 0 Å². The summed E-state index contributed by atoms with van der Waals surface area (Å²) >= 11 is 0. The fourth-order valence-electron chi connectivity index (χ4n) is 1.89. The second kappa shape index (κ2) is 4.59. The summed E-state index contributed by atoms with van der Waals surface area (Å²) in [6.45, 7) is -0.0543. The van der Waals surface area contributed by atoms with Crippen molar-refractivity contribution in [2.75, 3.05) is 6.54 Å².